The van der Waals surface area contributed by atoms with E-state index in [1.54, 1.807) is 42.7 Å². The van der Waals surface area contributed by atoms with Crippen LogP contribution >= 0.6 is 11.3 Å². The van der Waals surface area contributed by atoms with Crippen LogP contribution in [0.15, 0.2) is 41.8 Å². The zero-order valence-electron chi connectivity index (χ0n) is 10.5. The Balaban J connectivity index is 2.01. The zero-order chi connectivity index (χ0) is 13.5. The third-order valence-corrected chi connectivity index (χ3v) is 3.18. The predicted octanol–water partition coefficient (Wildman–Crippen LogP) is 2.82. The van der Waals surface area contributed by atoms with Gasteiger partial charge in [-0.2, -0.15) is 0 Å². The predicted molar refractivity (Wildman–Crippen MR) is 75.1 cm³/mol. The molecule has 0 spiro atoms. The molecule has 4 heteroatoms. The molecule has 0 aliphatic carbocycles. The fourth-order valence-corrected chi connectivity index (χ4v) is 2.02. The van der Waals surface area contributed by atoms with Gasteiger partial charge in [-0.15, -0.1) is 11.3 Å². The van der Waals surface area contributed by atoms with Gasteiger partial charge >= 0.3 is 0 Å². The lowest BCUT2D eigenvalue weighted by molar-refractivity contribution is 0.0511. The van der Waals surface area contributed by atoms with Crippen LogP contribution in [0.4, 0.5) is 0 Å². The summed E-state index contributed by atoms with van der Waals surface area (Å²) in [6, 6.07) is 11.0. The number of ether oxygens (including phenoxy) is 2. The van der Waals surface area contributed by atoms with E-state index in [4.69, 9.17) is 9.47 Å². The summed E-state index contributed by atoms with van der Waals surface area (Å²) < 4.78 is 10.1. The summed E-state index contributed by atoms with van der Waals surface area (Å²) in [7, 11) is 1.57. The van der Waals surface area contributed by atoms with Crippen molar-refractivity contribution in [2.45, 2.75) is 6.10 Å². The van der Waals surface area contributed by atoms with Gasteiger partial charge in [0, 0.05) is 7.11 Å². The van der Waals surface area contributed by atoms with Crippen molar-refractivity contribution in [2.24, 2.45) is 0 Å². The quantitative estimate of drug-likeness (QED) is 0.688. The topological polar surface area (TPSA) is 38.7 Å². The summed E-state index contributed by atoms with van der Waals surface area (Å²) in [5.41, 5.74) is 0.744. The van der Waals surface area contributed by atoms with Gasteiger partial charge in [-0.25, -0.2) is 0 Å². The van der Waals surface area contributed by atoms with Crippen molar-refractivity contribution in [3.8, 4) is 17.6 Å². The van der Waals surface area contributed by atoms with Crippen LogP contribution in [-0.4, -0.2) is 19.0 Å². The summed E-state index contributed by atoms with van der Waals surface area (Å²) >= 11 is 1.55. The second-order valence-electron chi connectivity index (χ2n) is 3.77. The molecule has 98 valence electrons. The van der Waals surface area contributed by atoms with Crippen LogP contribution in [0.2, 0.25) is 0 Å². The Labute approximate surface area is 116 Å². The highest BCUT2D eigenvalue weighted by atomic mass is 32.1. The largest absolute Gasteiger partial charge is 0.468 e. The van der Waals surface area contributed by atoms with Gasteiger partial charge in [0.25, 0.3) is 0 Å². The average molecular weight is 274 g/mol. The number of hydrogen-bond acceptors (Lipinski definition) is 4. The highest BCUT2D eigenvalue weighted by Gasteiger charge is 2.03. The summed E-state index contributed by atoms with van der Waals surface area (Å²) in [5, 5.41) is 11.9. The number of aliphatic hydroxyl groups excluding tert-OH is 1. The SMILES string of the molecule is COCOc1ccc(C(O)C#Cc2cccs2)cc1. The maximum Gasteiger partial charge on any atom is 0.188 e. The molecule has 0 amide bonds. The Kier molecular flexibility index (Phi) is 4.99. The minimum absolute atomic E-state index is 0.208. The van der Waals surface area contributed by atoms with Gasteiger partial charge in [-0.3, -0.25) is 0 Å². The normalized spacial score (nSPS) is 11.5. The Hall–Kier alpha value is -1.80. The monoisotopic (exact) mass is 274 g/mol. The smallest absolute Gasteiger partial charge is 0.188 e. The zero-order valence-corrected chi connectivity index (χ0v) is 11.3. The molecular weight excluding hydrogens is 260 g/mol. The van der Waals surface area contributed by atoms with Crippen LogP contribution in [0.5, 0.6) is 5.75 Å². The number of benzene rings is 1. The fourth-order valence-electron chi connectivity index (χ4n) is 1.45. The van der Waals surface area contributed by atoms with Crippen LogP contribution in [0.25, 0.3) is 0 Å². The number of rotatable bonds is 4. The number of methoxy groups -OCH3 is 1. The van der Waals surface area contributed by atoms with E-state index >= 15 is 0 Å². The molecule has 0 saturated heterocycles. The van der Waals surface area contributed by atoms with Crippen LogP contribution in [0.1, 0.15) is 16.5 Å². The minimum atomic E-state index is -0.793. The van der Waals surface area contributed by atoms with Crippen molar-refractivity contribution in [2.75, 3.05) is 13.9 Å². The van der Waals surface area contributed by atoms with Crippen molar-refractivity contribution in [1.29, 1.82) is 0 Å². The molecule has 0 saturated carbocycles. The molecule has 1 heterocycles. The van der Waals surface area contributed by atoms with Gasteiger partial charge in [0.1, 0.15) is 11.9 Å². The maximum atomic E-state index is 9.95. The van der Waals surface area contributed by atoms with E-state index in [1.165, 1.54) is 0 Å². The second-order valence-corrected chi connectivity index (χ2v) is 4.72. The van der Waals surface area contributed by atoms with Crippen LogP contribution in [0, 0.1) is 11.8 Å². The van der Waals surface area contributed by atoms with Gasteiger partial charge in [0.05, 0.1) is 4.88 Å². The van der Waals surface area contributed by atoms with E-state index in [9.17, 15) is 5.11 Å². The molecular formula is C15H14O3S. The molecule has 1 aromatic heterocycles. The first-order chi connectivity index (χ1) is 9.29. The standard InChI is InChI=1S/C15H14O3S/c1-17-11-18-13-6-4-12(5-7-13)15(16)9-8-14-3-2-10-19-14/h2-7,10,15-16H,11H2,1H3. The molecule has 0 bridgehead atoms. The van der Waals surface area contributed by atoms with Gasteiger partial charge in [0.15, 0.2) is 6.79 Å². The van der Waals surface area contributed by atoms with Crippen LogP contribution in [-0.2, 0) is 4.74 Å². The molecule has 19 heavy (non-hydrogen) atoms. The second kappa shape index (κ2) is 6.95. The van der Waals surface area contributed by atoms with Crippen LogP contribution < -0.4 is 4.74 Å². The van der Waals surface area contributed by atoms with Crippen LogP contribution in [0.3, 0.4) is 0 Å². The van der Waals surface area contributed by atoms with E-state index in [0.29, 0.717) is 5.75 Å². The van der Waals surface area contributed by atoms with Crippen molar-refractivity contribution in [3.05, 3.63) is 52.2 Å². The van der Waals surface area contributed by atoms with E-state index in [1.807, 2.05) is 17.5 Å². The Bertz CT molecular complexity index is 549. The van der Waals surface area contributed by atoms with Gasteiger partial charge in [0.2, 0.25) is 0 Å². The third kappa shape index (κ3) is 4.11. The number of aliphatic hydroxyl groups is 1. The molecule has 0 radical (unpaired) electrons. The molecule has 3 nitrogen and oxygen atoms in total. The summed E-state index contributed by atoms with van der Waals surface area (Å²) in [4.78, 5) is 0.944. The molecule has 1 unspecified atom stereocenters. The maximum absolute atomic E-state index is 9.95. The minimum Gasteiger partial charge on any atom is -0.468 e. The molecule has 2 aromatic rings. The number of hydrogen-bond donors (Lipinski definition) is 1. The van der Waals surface area contributed by atoms with Crippen molar-refractivity contribution in [1.82, 2.24) is 0 Å². The fraction of sp³-hybridized carbons (Fsp3) is 0.200. The lowest BCUT2D eigenvalue weighted by atomic mass is 10.1. The molecule has 0 aliphatic heterocycles. The van der Waals surface area contributed by atoms with Gasteiger partial charge in [-0.05, 0) is 29.1 Å². The highest BCUT2D eigenvalue weighted by Crippen LogP contribution is 2.17. The third-order valence-electron chi connectivity index (χ3n) is 2.39. The van der Waals surface area contributed by atoms with Gasteiger partial charge in [-0.1, -0.05) is 30.0 Å². The first-order valence-electron chi connectivity index (χ1n) is 5.74. The van der Waals surface area contributed by atoms with Crippen molar-refractivity contribution in [3.63, 3.8) is 0 Å². The summed E-state index contributed by atoms with van der Waals surface area (Å²) in [5.74, 6) is 6.45. The number of thiophene rings is 1. The first kappa shape index (κ1) is 13.6. The van der Waals surface area contributed by atoms with E-state index in [-0.39, 0.29) is 6.79 Å². The lowest BCUT2D eigenvalue weighted by Gasteiger charge is -2.07. The van der Waals surface area contributed by atoms with E-state index < -0.39 is 6.10 Å². The van der Waals surface area contributed by atoms with Gasteiger partial charge < -0.3 is 14.6 Å². The average Bonchev–Trinajstić information content (AvgIpc) is 2.96. The molecule has 1 atom stereocenters. The Morgan fingerprint density at radius 3 is 2.68 bits per heavy atom. The summed E-state index contributed by atoms with van der Waals surface area (Å²) in [6.07, 6.45) is -0.793. The van der Waals surface area contributed by atoms with Crippen molar-refractivity contribution >= 4 is 11.3 Å². The van der Waals surface area contributed by atoms with E-state index in [0.717, 1.165) is 10.4 Å². The molecule has 0 aliphatic rings. The molecule has 0 fully saturated rings. The molecule has 1 N–H and O–H groups in total. The lowest BCUT2D eigenvalue weighted by Crippen LogP contribution is -1.99. The van der Waals surface area contributed by atoms with E-state index in [2.05, 4.69) is 11.8 Å². The highest BCUT2D eigenvalue weighted by molar-refractivity contribution is 7.10. The first-order valence-corrected chi connectivity index (χ1v) is 6.62. The Morgan fingerprint density at radius 1 is 1.26 bits per heavy atom. The summed E-state index contributed by atoms with van der Waals surface area (Å²) in [6.45, 7) is 0.208. The Morgan fingerprint density at radius 2 is 2.05 bits per heavy atom. The molecule has 1 aromatic carbocycles. The van der Waals surface area contributed by atoms with Crippen molar-refractivity contribution < 1.29 is 14.6 Å². The molecule has 2 rings (SSSR count).